The van der Waals surface area contributed by atoms with Crippen LogP contribution in [0.2, 0.25) is 0 Å². The Morgan fingerprint density at radius 2 is 1.95 bits per heavy atom. The maximum absolute atomic E-state index is 12.9. The Kier molecular flexibility index (Phi) is 4.53. The number of nitrogen functional groups attached to an aromatic ring is 1. The van der Waals surface area contributed by atoms with Crippen molar-refractivity contribution >= 4 is 5.91 Å². The Bertz CT molecular complexity index is 590. The van der Waals surface area contributed by atoms with Gasteiger partial charge in [-0.25, -0.2) is 10.2 Å². The normalized spacial score (nSPS) is 10.6. The standard InChI is InChI=1S/C15H18FN3O/c1-2-3-13-8-9-14(15(20)18-17)19(13)10-11-4-6-12(16)7-5-11/h4-9H,2-3,10,17H2,1H3,(H,18,20). The van der Waals surface area contributed by atoms with Crippen LogP contribution in [-0.4, -0.2) is 10.5 Å². The quantitative estimate of drug-likeness (QED) is 0.499. The van der Waals surface area contributed by atoms with Crippen LogP contribution in [0, 0.1) is 5.82 Å². The molecule has 2 rings (SSSR count). The second-order valence-electron chi connectivity index (χ2n) is 4.65. The van der Waals surface area contributed by atoms with Crippen molar-refractivity contribution in [3.8, 4) is 0 Å². The van der Waals surface area contributed by atoms with E-state index in [9.17, 15) is 9.18 Å². The number of aryl methyl sites for hydroxylation is 1. The lowest BCUT2D eigenvalue weighted by molar-refractivity contribution is 0.0944. The summed E-state index contributed by atoms with van der Waals surface area (Å²) in [6.07, 6.45) is 1.86. The van der Waals surface area contributed by atoms with Crippen LogP contribution in [0.5, 0.6) is 0 Å². The van der Waals surface area contributed by atoms with Crippen LogP contribution < -0.4 is 11.3 Å². The average Bonchev–Trinajstić information content (AvgIpc) is 2.84. The first-order valence-electron chi connectivity index (χ1n) is 6.59. The molecule has 0 radical (unpaired) electrons. The Morgan fingerprint density at radius 3 is 2.55 bits per heavy atom. The molecule has 0 saturated heterocycles. The van der Waals surface area contributed by atoms with E-state index in [1.807, 2.05) is 10.6 Å². The maximum Gasteiger partial charge on any atom is 0.281 e. The largest absolute Gasteiger partial charge is 0.336 e. The molecule has 1 aromatic carbocycles. The first-order chi connectivity index (χ1) is 9.65. The van der Waals surface area contributed by atoms with Crippen molar-refractivity contribution in [2.24, 2.45) is 5.84 Å². The number of nitrogens with zero attached hydrogens (tertiary/aromatic N) is 1. The summed E-state index contributed by atoms with van der Waals surface area (Å²) in [5, 5.41) is 0. The molecule has 0 aliphatic heterocycles. The highest BCUT2D eigenvalue weighted by Gasteiger charge is 2.14. The molecule has 5 heteroatoms. The number of hydrogen-bond donors (Lipinski definition) is 2. The number of hydrogen-bond acceptors (Lipinski definition) is 2. The van der Waals surface area contributed by atoms with E-state index in [2.05, 4.69) is 12.3 Å². The van der Waals surface area contributed by atoms with E-state index < -0.39 is 0 Å². The average molecular weight is 275 g/mol. The smallest absolute Gasteiger partial charge is 0.281 e. The molecule has 0 aliphatic rings. The number of hydrazine groups is 1. The molecule has 106 valence electrons. The molecule has 2 aromatic rings. The number of nitrogens with two attached hydrogens (primary N) is 1. The zero-order chi connectivity index (χ0) is 14.5. The molecular formula is C15H18FN3O. The van der Waals surface area contributed by atoms with E-state index in [-0.39, 0.29) is 11.7 Å². The molecule has 0 spiro atoms. The minimum absolute atomic E-state index is 0.269. The van der Waals surface area contributed by atoms with Crippen molar-refractivity contribution < 1.29 is 9.18 Å². The third-order valence-corrected chi connectivity index (χ3v) is 3.19. The van der Waals surface area contributed by atoms with Crippen molar-refractivity contribution in [1.29, 1.82) is 0 Å². The third kappa shape index (κ3) is 3.05. The van der Waals surface area contributed by atoms with E-state index in [1.165, 1.54) is 12.1 Å². The number of benzene rings is 1. The number of amides is 1. The molecule has 1 heterocycles. The molecule has 0 fully saturated rings. The highest BCUT2D eigenvalue weighted by Crippen LogP contribution is 2.15. The highest BCUT2D eigenvalue weighted by atomic mass is 19.1. The van der Waals surface area contributed by atoms with E-state index in [1.54, 1.807) is 18.2 Å². The molecule has 0 unspecified atom stereocenters. The Labute approximate surface area is 117 Å². The van der Waals surface area contributed by atoms with Gasteiger partial charge in [0.15, 0.2) is 0 Å². The number of carbonyl (C=O) groups excluding carboxylic acids is 1. The molecule has 20 heavy (non-hydrogen) atoms. The fraction of sp³-hybridized carbons (Fsp3) is 0.267. The molecule has 0 atom stereocenters. The Balaban J connectivity index is 2.34. The molecule has 1 aromatic heterocycles. The van der Waals surface area contributed by atoms with Crippen LogP contribution in [0.1, 0.15) is 35.1 Å². The molecule has 0 saturated carbocycles. The van der Waals surface area contributed by atoms with Crippen molar-refractivity contribution in [2.45, 2.75) is 26.3 Å². The second-order valence-corrected chi connectivity index (χ2v) is 4.65. The van der Waals surface area contributed by atoms with Crippen LogP contribution in [0.15, 0.2) is 36.4 Å². The summed E-state index contributed by atoms with van der Waals surface area (Å²) >= 11 is 0. The van der Waals surface area contributed by atoms with Gasteiger partial charge in [-0.05, 0) is 36.2 Å². The predicted octanol–water partition coefficient (Wildman–Crippen LogP) is 2.23. The SMILES string of the molecule is CCCc1ccc(C(=O)NN)n1Cc1ccc(F)cc1. The summed E-state index contributed by atoms with van der Waals surface area (Å²) in [5.74, 6) is 4.61. The number of nitrogens with one attached hydrogen (secondary N) is 1. The van der Waals surface area contributed by atoms with E-state index in [4.69, 9.17) is 5.84 Å². The van der Waals surface area contributed by atoms with E-state index >= 15 is 0 Å². The highest BCUT2D eigenvalue weighted by molar-refractivity contribution is 5.92. The van der Waals surface area contributed by atoms with Gasteiger partial charge in [0.25, 0.3) is 5.91 Å². The number of rotatable bonds is 5. The van der Waals surface area contributed by atoms with Crippen LogP contribution in [0.3, 0.4) is 0 Å². The number of carbonyl (C=O) groups is 1. The first-order valence-corrected chi connectivity index (χ1v) is 6.59. The molecule has 1 amide bonds. The molecular weight excluding hydrogens is 257 g/mol. The monoisotopic (exact) mass is 275 g/mol. The summed E-state index contributed by atoms with van der Waals surface area (Å²) < 4.78 is 14.9. The fourth-order valence-corrected chi connectivity index (χ4v) is 2.22. The lowest BCUT2D eigenvalue weighted by Crippen LogP contribution is -2.32. The summed E-state index contributed by atoms with van der Waals surface area (Å²) in [4.78, 5) is 11.8. The van der Waals surface area contributed by atoms with Crippen molar-refractivity contribution in [3.63, 3.8) is 0 Å². The zero-order valence-corrected chi connectivity index (χ0v) is 11.4. The predicted molar refractivity (Wildman–Crippen MR) is 75.6 cm³/mol. The van der Waals surface area contributed by atoms with Gasteiger partial charge in [0.05, 0.1) is 0 Å². The van der Waals surface area contributed by atoms with E-state index in [0.717, 1.165) is 24.1 Å². The first kappa shape index (κ1) is 14.3. The zero-order valence-electron chi connectivity index (χ0n) is 11.4. The van der Waals surface area contributed by atoms with Crippen molar-refractivity contribution in [1.82, 2.24) is 9.99 Å². The minimum atomic E-state index is -0.325. The summed E-state index contributed by atoms with van der Waals surface area (Å²) in [7, 11) is 0. The Morgan fingerprint density at radius 1 is 1.25 bits per heavy atom. The van der Waals surface area contributed by atoms with Gasteiger partial charge in [-0.1, -0.05) is 25.5 Å². The van der Waals surface area contributed by atoms with Gasteiger partial charge in [0, 0.05) is 12.2 Å². The lowest BCUT2D eigenvalue weighted by Gasteiger charge is -2.12. The van der Waals surface area contributed by atoms with Crippen LogP contribution in [-0.2, 0) is 13.0 Å². The van der Waals surface area contributed by atoms with Gasteiger partial charge in [0.1, 0.15) is 11.5 Å². The van der Waals surface area contributed by atoms with Crippen LogP contribution in [0.4, 0.5) is 4.39 Å². The summed E-state index contributed by atoms with van der Waals surface area (Å²) in [6.45, 7) is 2.60. The van der Waals surface area contributed by atoms with Gasteiger partial charge >= 0.3 is 0 Å². The molecule has 0 aliphatic carbocycles. The van der Waals surface area contributed by atoms with Gasteiger partial charge < -0.3 is 4.57 Å². The maximum atomic E-state index is 12.9. The van der Waals surface area contributed by atoms with Crippen LogP contribution >= 0.6 is 0 Å². The van der Waals surface area contributed by atoms with Crippen molar-refractivity contribution in [3.05, 3.63) is 59.2 Å². The molecule has 4 nitrogen and oxygen atoms in total. The van der Waals surface area contributed by atoms with Gasteiger partial charge in [-0.3, -0.25) is 10.2 Å². The number of halogens is 1. The van der Waals surface area contributed by atoms with Gasteiger partial charge in [-0.15, -0.1) is 0 Å². The third-order valence-electron chi connectivity index (χ3n) is 3.19. The van der Waals surface area contributed by atoms with Gasteiger partial charge in [0.2, 0.25) is 0 Å². The fourth-order valence-electron chi connectivity index (χ4n) is 2.22. The lowest BCUT2D eigenvalue weighted by atomic mass is 10.2. The molecule has 0 bridgehead atoms. The minimum Gasteiger partial charge on any atom is -0.336 e. The topological polar surface area (TPSA) is 60.1 Å². The summed E-state index contributed by atoms with van der Waals surface area (Å²) in [5.41, 5.74) is 4.67. The Hall–Kier alpha value is -2.14. The number of aromatic nitrogens is 1. The van der Waals surface area contributed by atoms with Gasteiger partial charge in [-0.2, -0.15) is 0 Å². The van der Waals surface area contributed by atoms with Crippen LogP contribution in [0.25, 0.3) is 0 Å². The molecule has 3 N–H and O–H groups in total. The van der Waals surface area contributed by atoms with Crippen molar-refractivity contribution in [2.75, 3.05) is 0 Å². The van der Waals surface area contributed by atoms with E-state index in [0.29, 0.717) is 12.2 Å². The summed E-state index contributed by atoms with van der Waals surface area (Å²) in [6, 6.07) is 9.96. The second kappa shape index (κ2) is 6.34.